The van der Waals surface area contributed by atoms with E-state index in [0.29, 0.717) is 0 Å². The second-order valence-corrected chi connectivity index (χ2v) is 4.58. The Hall–Kier alpha value is -2.15. The number of aryl methyl sites for hydroxylation is 1. The van der Waals surface area contributed by atoms with Gasteiger partial charge in [0.1, 0.15) is 0 Å². The maximum atomic E-state index is 4.54. The molecule has 0 spiro atoms. The lowest BCUT2D eigenvalue weighted by Gasteiger charge is -2.07. The molecule has 1 aromatic heterocycles. The lowest BCUT2D eigenvalue weighted by Crippen LogP contribution is -1.95. The normalized spacial score (nSPS) is 10.7. The van der Waals surface area contributed by atoms with Gasteiger partial charge in [-0.3, -0.25) is 4.98 Å². The van der Waals surface area contributed by atoms with E-state index in [-0.39, 0.29) is 0 Å². The predicted molar refractivity (Wildman–Crippen MR) is 75.7 cm³/mol. The van der Waals surface area contributed by atoms with Gasteiger partial charge >= 0.3 is 0 Å². The summed E-state index contributed by atoms with van der Waals surface area (Å²) in [6, 6.07) is 19.0. The fourth-order valence-corrected chi connectivity index (χ4v) is 2.31. The number of benzene rings is 2. The molecule has 0 aliphatic carbocycles. The second-order valence-electron chi connectivity index (χ2n) is 4.58. The van der Waals surface area contributed by atoms with Gasteiger partial charge in [0.25, 0.3) is 0 Å². The number of pyridine rings is 1. The summed E-state index contributed by atoms with van der Waals surface area (Å²) in [5.74, 6) is 0. The van der Waals surface area contributed by atoms with Crippen molar-refractivity contribution in [1.29, 1.82) is 0 Å². The zero-order valence-corrected chi connectivity index (χ0v) is 10.4. The topological polar surface area (TPSA) is 12.9 Å². The highest BCUT2D eigenvalue weighted by Gasteiger charge is 2.04. The van der Waals surface area contributed by atoms with Crippen LogP contribution in [0.3, 0.4) is 0 Å². The van der Waals surface area contributed by atoms with E-state index in [4.69, 9.17) is 0 Å². The SMILES string of the molecule is Cc1ccccc1Cc1nccc2ccccc12. The van der Waals surface area contributed by atoms with Crippen LogP contribution in [0.5, 0.6) is 0 Å². The number of nitrogens with zero attached hydrogens (tertiary/aromatic N) is 1. The van der Waals surface area contributed by atoms with Gasteiger partial charge in [-0.05, 0) is 29.5 Å². The Kier molecular flexibility index (Phi) is 2.81. The van der Waals surface area contributed by atoms with Crippen molar-refractivity contribution >= 4 is 10.8 Å². The molecule has 0 bridgehead atoms. The number of aromatic nitrogens is 1. The van der Waals surface area contributed by atoms with Crippen molar-refractivity contribution in [2.24, 2.45) is 0 Å². The summed E-state index contributed by atoms with van der Waals surface area (Å²) in [4.78, 5) is 4.54. The van der Waals surface area contributed by atoms with Gasteiger partial charge in [-0.15, -0.1) is 0 Å². The Morgan fingerprint density at radius 3 is 2.56 bits per heavy atom. The Morgan fingerprint density at radius 2 is 1.67 bits per heavy atom. The minimum Gasteiger partial charge on any atom is -0.260 e. The van der Waals surface area contributed by atoms with Gasteiger partial charge in [0.05, 0.1) is 5.69 Å². The minimum absolute atomic E-state index is 0.897. The molecule has 0 aliphatic heterocycles. The number of hydrogen-bond acceptors (Lipinski definition) is 1. The van der Waals surface area contributed by atoms with Gasteiger partial charge in [0.15, 0.2) is 0 Å². The first-order valence-electron chi connectivity index (χ1n) is 6.22. The minimum atomic E-state index is 0.897. The lowest BCUT2D eigenvalue weighted by atomic mass is 10.0. The molecular weight excluding hydrogens is 218 g/mol. The molecule has 0 radical (unpaired) electrons. The first-order valence-corrected chi connectivity index (χ1v) is 6.22. The monoisotopic (exact) mass is 233 g/mol. The molecule has 0 atom stereocenters. The lowest BCUT2D eigenvalue weighted by molar-refractivity contribution is 1.08. The third-order valence-corrected chi connectivity index (χ3v) is 3.38. The summed E-state index contributed by atoms with van der Waals surface area (Å²) in [6.45, 7) is 2.15. The molecule has 88 valence electrons. The van der Waals surface area contributed by atoms with Crippen LogP contribution in [-0.2, 0) is 6.42 Å². The fourth-order valence-electron chi connectivity index (χ4n) is 2.31. The smallest absolute Gasteiger partial charge is 0.0525 e. The molecule has 0 unspecified atom stereocenters. The van der Waals surface area contributed by atoms with Crippen molar-refractivity contribution in [3.63, 3.8) is 0 Å². The second kappa shape index (κ2) is 4.61. The molecule has 3 rings (SSSR count). The molecule has 1 nitrogen and oxygen atoms in total. The zero-order chi connectivity index (χ0) is 12.4. The molecule has 1 heterocycles. The zero-order valence-electron chi connectivity index (χ0n) is 10.4. The summed E-state index contributed by atoms with van der Waals surface area (Å²) >= 11 is 0. The average molecular weight is 233 g/mol. The number of hydrogen-bond donors (Lipinski definition) is 0. The van der Waals surface area contributed by atoms with E-state index in [1.54, 1.807) is 0 Å². The van der Waals surface area contributed by atoms with Crippen molar-refractivity contribution in [2.75, 3.05) is 0 Å². The molecule has 0 saturated carbocycles. The Bertz CT molecular complexity index is 681. The molecule has 0 amide bonds. The average Bonchev–Trinajstić information content (AvgIpc) is 2.42. The Balaban J connectivity index is 2.08. The Morgan fingerprint density at radius 1 is 0.889 bits per heavy atom. The van der Waals surface area contributed by atoms with E-state index in [1.165, 1.54) is 21.9 Å². The summed E-state index contributed by atoms with van der Waals surface area (Å²) in [7, 11) is 0. The van der Waals surface area contributed by atoms with E-state index in [9.17, 15) is 0 Å². The van der Waals surface area contributed by atoms with Gasteiger partial charge in [-0.2, -0.15) is 0 Å². The van der Waals surface area contributed by atoms with E-state index in [2.05, 4.69) is 66.5 Å². The summed E-state index contributed by atoms with van der Waals surface area (Å²) in [5.41, 5.74) is 3.83. The van der Waals surface area contributed by atoms with Crippen LogP contribution >= 0.6 is 0 Å². The van der Waals surface area contributed by atoms with E-state index in [1.807, 2.05) is 6.20 Å². The summed E-state index contributed by atoms with van der Waals surface area (Å²) in [6.07, 6.45) is 2.80. The van der Waals surface area contributed by atoms with E-state index in [0.717, 1.165) is 12.1 Å². The van der Waals surface area contributed by atoms with E-state index < -0.39 is 0 Å². The van der Waals surface area contributed by atoms with Crippen LogP contribution in [0, 0.1) is 6.92 Å². The van der Waals surface area contributed by atoms with Crippen LogP contribution in [0.25, 0.3) is 10.8 Å². The highest BCUT2D eigenvalue weighted by Crippen LogP contribution is 2.20. The van der Waals surface area contributed by atoms with Crippen molar-refractivity contribution in [2.45, 2.75) is 13.3 Å². The quantitative estimate of drug-likeness (QED) is 0.648. The van der Waals surface area contributed by atoms with Gasteiger partial charge in [-0.25, -0.2) is 0 Å². The van der Waals surface area contributed by atoms with Crippen LogP contribution in [0.1, 0.15) is 16.8 Å². The van der Waals surface area contributed by atoms with Crippen LogP contribution in [0.15, 0.2) is 60.8 Å². The van der Waals surface area contributed by atoms with Gasteiger partial charge in [0, 0.05) is 18.0 Å². The summed E-state index contributed by atoms with van der Waals surface area (Å²) in [5, 5.41) is 2.51. The first-order chi connectivity index (χ1) is 8.84. The number of fused-ring (bicyclic) bond motifs is 1. The molecular formula is C17H15N. The van der Waals surface area contributed by atoms with Crippen molar-refractivity contribution < 1.29 is 0 Å². The molecule has 1 heteroatoms. The Labute approximate surface area is 107 Å². The van der Waals surface area contributed by atoms with Crippen LogP contribution in [0.4, 0.5) is 0 Å². The highest BCUT2D eigenvalue weighted by molar-refractivity contribution is 5.84. The maximum Gasteiger partial charge on any atom is 0.0525 e. The highest BCUT2D eigenvalue weighted by atomic mass is 14.7. The number of rotatable bonds is 2. The maximum absolute atomic E-state index is 4.54. The van der Waals surface area contributed by atoms with Crippen LogP contribution in [-0.4, -0.2) is 4.98 Å². The van der Waals surface area contributed by atoms with Gasteiger partial charge in [0.2, 0.25) is 0 Å². The molecule has 2 aromatic carbocycles. The fraction of sp³-hybridized carbons (Fsp3) is 0.118. The molecule has 0 N–H and O–H groups in total. The largest absolute Gasteiger partial charge is 0.260 e. The molecule has 0 saturated heterocycles. The van der Waals surface area contributed by atoms with Gasteiger partial charge in [-0.1, -0.05) is 48.5 Å². The standard InChI is InChI=1S/C17H15N/c1-13-6-2-3-8-15(13)12-17-16-9-5-4-7-14(16)10-11-18-17/h2-11H,12H2,1H3. The molecule has 0 fully saturated rings. The van der Waals surface area contributed by atoms with E-state index >= 15 is 0 Å². The molecule has 3 aromatic rings. The van der Waals surface area contributed by atoms with Crippen molar-refractivity contribution in [1.82, 2.24) is 4.98 Å². The third kappa shape index (κ3) is 2.00. The molecule has 18 heavy (non-hydrogen) atoms. The van der Waals surface area contributed by atoms with Gasteiger partial charge < -0.3 is 0 Å². The van der Waals surface area contributed by atoms with Crippen molar-refractivity contribution in [3.8, 4) is 0 Å². The molecule has 0 aliphatic rings. The third-order valence-electron chi connectivity index (χ3n) is 3.38. The van der Waals surface area contributed by atoms with Crippen LogP contribution < -0.4 is 0 Å². The van der Waals surface area contributed by atoms with Crippen LogP contribution in [0.2, 0.25) is 0 Å². The first kappa shape index (κ1) is 11.0. The summed E-state index contributed by atoms with van der Waals surface area (Å²) < 4.78 is 0. The van der Waals surface area contributed by atoms with Crippen molar-refractivity contribution in [3.05, 3.63) is 77.6 Å². The predicted octanol–water partition coefficient (Wildman–Crippen LogP) is 4.13.